The average Bonchev–Trinajstić information content (AvgIpc) is 3.01. The lowest BCUT2D eigenvalue weighted by Gasteiger charge is -2.19. The van der Waals surface area contributed by atoms with Gasteiger partial charge in [-0.25, -0.2) is 0 Å². The first-order valence-corrected chi connectivity index (χ1v) is 8.50. The van der Waals surface area contributed by atoms with Crippen LogP contribution in [0.1, 0.15) is 26.2 Å². The molecule has 6 heteroatoms. The number of nitrogens with zero attached hydrogens (tertiary/aromatic N) is 1. The van der Waals surface area contributed by atoms with Crippen LogP contribution in [0.3, 0.4) is 0 Å². The summed E-state index contributed by atoms with van der Waals surface area (Å²) in [5.41, 5.74) is 1.16. The summed E-state index contributed by atoms with van der Waals surface area (Å²) in [4.78, 5) is 25.4. The zero-order chi connectivity index (χ0) is 16.7. The molecule has 0 saturated carbocycles. The van der Waals surface area contributed by atoms with Gasteiger partial charge in [0.05, 0.1) is 6.54 Å². The van der Waals surface area contributed by atoms with Gasteiger partial charge in [0.2, 0.25) is 11.8 Å². The second kappa shape index (κ2) is 8.77. The summed E-state index contributed by atoms with van der Waals surface area (Å²) in [6.07, 6.45) is 2.30. The second-order valence-electron chi connectivity index (χ2n) is 5.91. The third kappa shape index (κ3) is 5.75. The van der Waals surface area contributed by atoms with Gasteiger partial charge in [-0.1, -0.05) is 18.5 Å². The van der Waals surface area contributed by atoms with Crippen LogP contribution >= 0.6 is 11.6 Å². The zero-order valence-electron chi connectivity index (χ0n) is 13.5. The van der Waals surface area contributed by atoms with Crippen molar-refractivity contribution in [2.75, 3.05) is 31.1 Å². The van der Waals surface area contributed by atoms with Gasteiger partial charge in [0.1, 0.15) is 0 Å². The first kappa shape index (κ1) is 17.6. The van der Waals surface area contributed by atoms with Gasteiger partial charge >= 0.3 is 0 Å². The van der Waals surface area contributed by atoms with Crippen LogP contribution in [0.2, 0.25) is 5.02 Å². The highest BCUT2D eigenvalue weighted by molar-refractivity contribution is 6.30. The Bertz CT molecular complexity index is 533. The smallest absolute Gasteiger partial charge is 0.239 e. The summed E-state index contributed by atoms with van der Waals surface area (Å²) in [5, 5.41) is 6.26. The van der Waals surface area contributed by atoms with Gasteiger partial charge in [-0.05, 0) is 43.0 Å². The minimum absolute atomic E-state index is 0.0620. The van der Waals surface area contributed by atoms with Gasteiger partial charge in [0.15, 0.2) is 0 Å². The number of carbonyl (C=O) groups is 2. The molecule has 0 aromatic heterocycles. The van der Waals surface area contributed by atoms with Crippen molar-refractivity contribution in [2.45, 2.75) is 26.2 Å². The standard InChI is InChI=1S/C17H24ClN3O2/c1-2-3-16(22)20-11-17(23)19-10-13-8-9-21(12-13)15-6-4-14(18)5-7-15/h4-7,13H,2-3,8-12H2,1H3,(H,19,23)(H,20,22)/t13-/m0/s1. The molecule has 0 unspecified atom stereocenters. The molecule has 0 radical (unpaired) electrons. The summed E-state index contributed by atoms with van der Waals surface area (Å²) < 4.78 is 0. The van der Waals surface area contributed by atoms with E-state index in [1.54, 1.807) is 0 Å². The molecule has 0 aliphatic carbocycles. The highest BCUT2D eigenvalue weighted by Crippen LogP contribution is 2.24. The van der Waals surface area contributed by atoms with Crippen molar-refractivity contribution in [2.24, 2.45) is 5.92 Å². The number of nitrogens with one attached hydrogen (secondary N) is 2. The Hall–Kier alpha value is -1.75. The second-order valence-corrected chi connectivity index (χ2v) is 6.34. The molecule has 1 fully saturated rings. The van der Waals surface area contributed by atoms with Crippen LogP contribution < -0.4 is 15.5 Å². The first-order valence-electron chi connectivity index (χ1n) is 8.12. The van der Waals surface area contributed by atoms with E-state index in [0.717, 1.165) is 36.6 Å². The summed E-state index contributed by atoms with van der Waals surface area (Å²) in [7, 11) is 0. The molecule has 1 aliphatic heterocycles. The lowest BCUT2D eigenvalue weighted by Crippen LogP contribution is -2.39. The number of hydrogen-bond donors (Lipinski definition) is 2. The molecule has 126 valence electrons. The number of anilines is 1. The van der Waals surface area contributed by atoms with Crippen LogP contribution in [0, 0.1) is 5.92 Å². The predicted octanol–water partition coefficient (Wildman–Crippen LogP) is 2.20. The van der Waals surface area contributed by atoms with Crippen molar-refractivity contribution in [3.63, 3.8) is 0 Å². The van der Waals surface area contributed by atoms with Crippen LogP contribution in [0.25, 0.3) is 0 Å². The largest absolute Gasteiger partial charge is 0.371 e. The average molecular weight is 338 g/mol. The fourth-order valence-corrected chi connectivity index (χ4v) is 2.83. The van der Waals surface area contributed by atoms with Crippen molar-refractivity contribution >= 4 is 29.1 Å². The van der Waals surface area contributed by atoms with E-state index in [2.05, 4.69) is 15.5 Å². The van der Waals surface area contributed by atoms with Crippen LogP contribution in [-0.4, -0.2) is 38.0 Å². The molecule has 5 nitrogen and oxygen atoms in total. The molecule has 2 rings (SSSR count). The van der Waals surface area contributed by atoms with E-state index >= 15 is 0 Å². The summed E-state index contributed by atoms with van der Waals surface area (Å²) >= 11 is 5.91. The molecule has 1 aliphatic rings. The van der Waals surface area contributed by atoms with Crippen LogP contribution in [-0.2, 0) is 9.59 Å². The highest BCUT2D eigenvalue weighted by Gasteiger charge is 2.23. The van der Waals surface area contributed by atoms with Crippen LogP contribution in [0.5, 0.6) is 0 Å². The molecular weight excluding hydrogens is 314 g/mol. The van der Waals surface area contributed by atoms with Crippen LogP contribution in [0.15, 0.2) is 24.3 Å². The third-order valence-corrected chi connectivity index (χ3v) is 4.24. The lowest BCUT2D eigenvalue weighted by atomic mass is 10.1. The fraction of sp³-hybridized carbons (Fsp3) is 0.529. The van der Waals surface area contributed by atoms with E-state index in [1.807, 2.05) is 31.2 Å². The summed E-state index contributed by atoms with van der Waals surface area (Å²) in [5.74, 6) is 0.234. The van der Waals surface area contributed by atoms with Gasteiger partial charge < -0.3 is 15.5 Å². The molecule has 0 bridgehead atoms. The number of benzene rings is 1. The topological polar surface area (TPSA) is 61.4 Å². The van der Waals surface area contributed by atoms with Gasteiger partial charge in [-0.2, -0.15) is 0 Å². The molecule has 1 atom stereocenters. The van der Waals surface area contributed by atoms with Crippen molar-refractivity contribution in [3.8, 4) is 0 Å². The van der Waals surface area contributed by atoms with E-state index in [4.69, 9.17) is 11.6 Å². The van der Waals surface area contributed by atoms with Gasteiger partial charge in [-0.15, -0.1) is 0 Å². The Kier molecular flexibility index (Phi) is 6.71. The van der Waals surface area contributed by atoms with E-state index in [-0.39, 0.29) is 18.4 Å². The molecule has 0 spiro atoms. The number of hydrogen-bond acceptors (Lipinski definition) is 3. The molecule has 2 N–H and O–H groups in total. The minimum atomic E-state index is -0.126. The van der Waals surface area contributed by atoms with E-state index < -0.39 is 0 Å². The van der Waals surface area contributed by atoms with Gasteiger partial charge in [-0.3, -0.25) is 9.59 Å². The number of halogens is 1. The van der Waals surface area contributed by atoms with Crippen molar-refractivity contribution in [3.05, 3.63) is 29.3 Å². The molecular formula is C17H24ClN3O2. The van der Waals surface area contributed by atoms with E-state index in [0.29, 0.717) is 18.9 Å². The maximum Gasteiger partial charge on any atom is 0.239 e. The molecule has 1 aromatic carbocycles. The molecule has 1 heterocycles. The quantitative estimate of drug-likeness (QED) is 0.802. The third-order valence-electron chi connectivity index (χ3n) is 3.99. The summed E-state index contributed by atoms with van der Waals surface area (Å²) in [6.45, 7) is 4.55. The first-order chi connectivity index (χ1) is 11.1. The number of carbonyl (C=O) groups excluding carboxylic acids is 2. The Balaban J connectivity index is 1.68. The molecule has 1 saturated heterocycles. The van der Waals surface area contributed by atoms with Crippen molar-refractivity contribution < 1.29 is 9.59 Å². The minimum Gasteiger partial charge on any atom is -0.371 e. The monoisotopic (exact) mass is 337 g/mol. The van der Waals surface area contributed by atoms with Crippen LogP contribution in [0.4, 0.5) is 5.69 Å². The Morgan fingerprint density at radius 2 is 1.96 bits per heavy atom. The Morgan fingerprint density at radius 3 is 2.65 bits per heavy atom. The van der Waals surface area contributed by atoms with Crippen molar-refractivity contribution in [1.29, 1.82) is 0 Å². The van der Waals surface area contributed by atoms with Gasteiger partial charge in [0.25, 0.3) is 0 Å². The van der Waals surface area contributed by atoms with Crippen molar-refractivity contribution in [1.82, 2.24) is 10.6 Å². The molecule has 2 amide bonds. The normalized spacial score (nSPS) is 17.1. The molecule has 1 aromatic rings. The van der Waals surface area contributed by atoms with E-state index in [1.165, 1.54) is 0 Å². The molecule has 23 heavy (non-hydrogen) atoms. The lowest BCUT2D eigenvalue weighted by molar-refractivity contribution is -0.126. The van der Waals surface area contributed by atoms with Gasteiger partial charge in [0, 0.05) is 36.8 Å². The Morgan fingerprint density at radius 1 is 1.22 bits per heavy atom. The SMILES string of the molecule is CCCC(=O)NCC(=O)NC[C@@H]1CCN(c2ccc(Cl)cc2)C1. The summed E-state index contributed by atoms with van der Waals surface area (Å²) in [6, 6.07) is 7.83. The highest BCUT2D eigenvalue weighted by atomic mass is 35.5. The maximum atomic E-state index is 11.7. The number of amides is 2. The van der Waals surface area contributed by atoms with E-state index in [9.17, 15) is 9.59 Å². The predicted molar refractivity (Wildman–Crippen MR) is 92.7 cm³/mol. The zero-order valence-corrected chi connectivity index (χ0v) is 14.2. The number of rotatable bonds is 7. The maximum absolute atomic E-state index is 11.7. The fourth-order valence-electron chi connectivity index (χ4n) is 2.70. The Labute approximate surface area is 142 Å².